The summed E-state index contributed by atoms with van der Waals surface area (Å²) >= 11 is 0. The molecule has 1 aromatic rings. The largest absolute Gasteiger partial charge is 0.394 e. The van der Waals surface area contributed by atoms with Crippen molar-refractivity contribution in [3.05, 3.63) is 29.6 Å². The van der Waals surface area contributed by atoms with Crippen molar-refractivity contribution in [2.45, 2.75) is 38.8 Å². The van der Waals surface area contributed by atoms with Gasteiger partial charge >= 0.3 is 6.03 Å². The fourth-order valence-electron chi connectivity index (χ4n) is 2.26. The maximum absolute atomic E-state index is 13.8. The number of rotatable bonds is 7. The fraction of sp³-hybridized carbons (Fsp3) is 0.562. The van der Waals surface area contributed by atoms with Crippen molar-refractivity contribution in [3.63, 3.8) is 0 Å². The molecule has 5 nitrogen and oxygen atoms in total. The zero-order valence-electron chi connectivity index (χ0n) is 13.7. The van der Waals surface area contributed by atoms with Crippen molar-refractivity contribution in [3.8, 4) is 0 Å². The molecule has 0 spiro atoms. The van der Waals surface area contributed by atoms with E-state index in [4.69, 9.17) is 0 Å². The molecule has 0 saturated heterocycles. The number of amides is 2. The van der Waals surface area contributed by atoms with Gasteiger partial charge < -0.3 is 20.6 Å². The lowest BCUT2D eigenvalue weighted by molar-refractivity contribution is 0.163. The van der Waals surface area contributed by atoms with Gasteiger partial charge in [0.1, 0.15) is 5.82 Å². The van der Waals surface area contributed by atoms with Crippen molar-refractivity contribution in [1.82, 2.24) is 10.6 Å². The summed E-state index contributed by atoms with van der Waals surface area (Å²) in [5, 5.41) is 14.8. The van der Waals surface area contributed by atoms with E-state index in [9.17, 15) is 14.3 Å². The van der Waals surface area contributed by atoms with Gasteiger partial charge in [0, 0.05) is 20.6 Å². The van der Waals surface area contributed by atoms with E-state index in [0.29, 0.717) is 17.7 Å². The number of urea groups is 1. The van der Waals surface area contributed by atoms with E-state index in [1.165, 1.54) is 6.07 Å². The Balaban J connectivity index is 2.59. The van der Waals surface area contributed by atoms with Crippen LogP contribution in [0.3, 0.4) is 0 Å². The molecule has 0 aliphatic carbocycles. The molecule has 6 heteroatoms. The third-order valence-electron chi connectivity index (χ3n) is 3.51. The van der Waals surface area contributed by atoms with Gasteiger partial charge in [0.15, 0.2) is 0 Å². The number of aliphatic hydroxyl groups excluding tert-OH is 1. The molecule has 0 radical (unpaired) electrons. The Hall–Kier alpha value is -1.82. The van der Waals surface area contributed by atoms with E-state index in [-0.39, 0.29) is 25.0 Å². The fourth-order valence-corrected chi connectivity index (χ4v) is 2.26. The standard InChI is InChI=1S/C16H26FN3O2/c1-5-8-16(2,11-21)19-15(22)18-10-12-6-7-14(20(3)4)13(17)9-12/h6-7,9,21H,5,8,10-11H2,1-4H3,(H2,18,19,22). The molecule has 1 aromatic carbocycles. The van der Waals surface area contributed by atoms with Crippen LogP contribution in [-0.2, 0) is 6.54 Å². The third-order valence-corrected chi connectivity index (χ3v) is 3.51. The lowest BCUT2D eigenvalue weighted by atomic mass is 9.98. The Kier molecular flexibility index (Phi) is 6.61. The van der Waals surface area contributed by atoms with Crippen LogP contribution in [0.1, 0.15) is 32.3 Å². The highest BCUT2D eigenvalue weighted by atomic mass is 19.1. The van der Waals surface area contributed by atoms with Crippen LogP contribution in [-0.4, -0.2) is 37.4 Å². The summed E-state index contributed by atoms with van der Waals surface area (Å²) in [5.41, 5.74) is 0.544. The summed E-state index contributed by atoms with van der Waals surface area (Å²) in [7, 11) is 3.54. The second-order valence-electron chi connectivity index (χ2n) is 5.96. The van der Waals surface area contributed by atoms with Crippen molar-refractivity contribution >= 4 is 11.7 Å². The molecule has 0 bridgehead atoms. The van der Waals surface area contributed by atoms with Gasteiger partial charge in [-0.15, -0.1) is 0 Å². The Morgan fingerprint density at radius 2 is 2.09 bits per heavy atom. The molecule has 0 aliphatic rings. The summed E-state index contributed by atoms with van der Waals surface area (Å²) in [5.74, 6) is -0.323. The molecular formula is C16H26FN3O2. The van der Waals surface area contributed by atoms with Crippen LogP contribution in [0.25, 0.3) is 0 Å². The number of hydrogen-bond acceptors (Lipinski definition) is 3. The van der Waals surface area contributed by atoms with Crippen LogP contribution in [0.15, 0.2) is 18.2 Å². The molecule has 0 aromatic heterocycles. The van der Waals surface area contributed by atoms with Gasteiger partial charge in [0.2, 0.25) is 0 Å². The number of nitrogens with one attached hydrogen (secondary N) is 2. The Morgan fingerprint density at radius 1 is 1.41 bits per heavy atom. The first kappa shape index (κ1) is 18.2. The van der Waals surface area contributed by atoms with Crippen LogP contribution in [0.5, 0.6) is 0 Å². The second-order valence-corrected chi connectivity index (χ2v) is 5.96. The van der Waals surface area contributed by atoms with Crippen molar-refractivity contribution in [1.29, 1.82) is 0 Å². The Labute approximate surface area is 131 Å². The summed E-state index contributed by atoms with van der Waals surface area (Å²) < 4.78 is 13.8. The van der Waals surface area contributed by atoms with E-state index in [1.807, 2.05) is 6.92 Å². The minimum absolute atomic E-state index is 0.125. The van der Waals surface area contributed by atoms with Crippen LogP contribution < -0.4 is 15.5 Å². The van der Waals surface area contributed by atoms with Gasteiger partial charge in [-0.1, -0.05) is 19.4 Å². The molecule has 2 amide bonds. The molecule has 1 rings (SSSR count). The molecule has 0 saturated carbocycles. The first-order chi connectivity index (χ1) is 10.3. The van der Waals surface area contributed by atoms with E-state index in [0.717, 1.165) is 6.42 Å². The summed E-state index contributed by atoms with van der Waals surface area (Å²) in [6.07, 6.45) is 1.54. The molecule has 22 heavy (non-hydrogen) atoms. The molecule has 0 aliphatic heterocycles. The summed E-state index contributed by atoms with van der Waals surface area (Å²) in [6.45, 7) is 3.88. The first-order valence-corrected chi connectivity index (χ1v) is 7.44. The second kappa shape index (κ2) is 7.98. The number of nitrogens with zero attached hydrogens (tertiary/aromatic N) is 1. The zero-order valence-corrected chi connectivity index (χ0v) is 13.7. The van der Waals surface area contributed by atoms with Gasteiger partial charge in [0.05, 0.1) is 17.8 Å². The molecule has 1 unspecified atom stereocenters. The van der Waals surface area contributed by atoms with E-state index in [2.05, 4.69) is 10.6 Å². The molecular weight excluding hydrogens is 285 g/mol. The lowest BCUT2D eigenvalue weighted by Gasteiger charge is -2.28. The number of hydrogen-bond donors (Lipinski definition) is 3. The Morgan fingerprint density at radius 3 is 2.59 bits per heavy atom. The first-order valence-electron chi connectivity index (χ1n) is 7.44. The van der Waals surface area contributed by atoms with Crippen LogP contribution in [0.2, 0.25) is 0 Å². The van der Waals surface area contributed by atoms with Gasteiger partial charge in [-0.3, -0.25) is 0 Å². The van der Waals surface area contributed by atoms with Crippen molar-refractivity contribution in [2.24, 2.45) is 0 Å². The maximum Gasteiger partial charge on any atom is 0.315 e. The van der Waals surface area contributed by atoms with Crippen LogP contribution in [0, 0.1) is 5.82 Å². The van der Waals surface area contributed by atoms with Crippen LogP contribution in [0.4, 0.5) is 14.9 Å². The van der Waals surface area contributed by atoms with Crippen LogP contribution >= 0.6 is 0 Å². The molecule has 124 valence electrons. The minimum Gasteiger partial charge on any atom is -0.394 e. The van der Waals surface area contributed by atoms with E-state index in [1.54, 1.807) is 38.1 Å². The van der Waals surface area contributed by atoms with E-state index >= 15 is 0 Å². The SMILES string of the molecule is CCCC(C)(CO)NC(=O)NCc1ccc(N(C)C)c(F)c1. The number of aliphatic hydroxyl groups is 1. The average Bonchev–Trinajstić information content (AvgIpc) is 2.45. The third kappa shape index (κ3) is 5.18. The maximum atomic E-state index is 13.8. The van der Waals surface area contributed by atoms with E-state index < -0.39 is 5.54 Å². The lowest BCUT2D eigenvalue weighted by Crippen LogP contribution is -2.52. The molecule has 0 heterocycles. The minimum atomic E-state index is -0.640. The number of carbonyl (C=O) groups is 1. The summed E-state index contributed by atoms with van der Waals surface area (Å²) in [6, 6.07) is 4.49. The molecule has 3 N–H and O–H groups in total. The smallest absolute Gasteiger partial charge is 0.315 e. The average molecular weight is 311 g/mol. The quantitative estimate of drug-likeness (QED) is 0.723. The highest BCUT2D eigenvalue weighted by Crippen LogP contribution is 2.18. The van der Waals surface area contributed by atoms with Crippen molar-refractivity contribution < 1.29 is 14.3 Å². The molecule has 1 atom stereocenters. The highest BCUT2D eigenvalue weighted by molar-refractivity contribution is 5.74. The van der Waals surface area contributed by atoms with Crippen molar-refractivity contribution in [2.75, 3.05) is 25.6 Å². The number of carbonyl (C=O) groups excluding carboxylic acids is 1. The predicted octanol–water partition coefficient (Wildman–Crippen LogP) is 2.24. The van der Waals surface area contributed by atoms with Gasteiger partial charge in [-0.2, -0.15) is 0 Å². The molecule has 0 fully saturated rings. The van der Waals surface area contributed by atoms with Gasteiger partial charge in [0.25, 0.3) is 0 Å². The highest BCUT2D eigenvalue weighted by Gasteiger charge is 2.24. The number of halogens is 1. The normalized spacial score (nSPS) is 13.4. The topological polar surface area (TPSA) is 64.6 Å². The van der Waals surface area contributed by atoms with Gasteiger partial charge in [-0.25, -0.2) is 9.18 Å². The number of benzene rings is 1. The predicted molar refractivity (Wildman–Crippen MR) is 86.5 cm³/mol. The monoisotopic (exact) mass is 311 g/mol. The Bertz CT molecular complexity index is 508. The zero-order chi connectivity index (χ0) is 16.8. The number of anilines is 1. The van der Waals surface area contributed by atoms with Gasteiger partial charge in [-0.05, 0) is 31.0 Å². The summed E-state index contributed by atoms with van der Waals surface area (Å²) in [4.78, 5) is 13.6.